The number of fused-ring (bicyclic) bond motifs is 1. The Balaban J connectivity index is 1.78. The zero-order valence-electron chi connectivity index (χ0n) is 11.2. The number of hydrogen-bond acceptors (Lipinski definition) is 4. The van der Waals surface area contributed by atoms with E-state index in [0.717, 1.165) is 16.9 Å². The van der Waals surface area contributed by atoms with Crippen LogP contribution in [0.1, 0.15) is 16.6 Å². The Hall–Kier alpha value is -1.36. The molecule has 0 amide bonds. The average molecular weight is 300 g/mol. The van der Waals surface area contributed by atoms with Gasteiger partial charge in [0.1, 0.15) is 0 Å². The van der Waals surface area contributed by atoms with Crippen molar-refractivity contribution in [2.24, 2.45) is 5.73 Å². The molecule has 0 saturated carbocycles. The highest BCUT2D eigenvalue weighted by Crippen LogP contribution is 2.26. The van der Waals surface area contributed by atoms with E-state index in [1.54, 1.807) is 23.1 Å². The molecule has 20 heavy (non-hydrogen) atoms. The maximum Gasteiger partial charge on any atom is 0.0957 e. The van der Waals surface area contributed by atoms with Crippen LogP contribution in [-0.2, 0) is 6.42 Å². The molecular weight excluding hydrogens is 284 g/mol. The minimum Gasteiger partial charge on any atom is -0.324 e. The number of thiazole rings is 1. The van der Waals surface area contributed by atoms with Gasteiger partial charge in [0, 0.05) is 17.4 Å². The Morgan fingerprint density at radius 2 is 1.90 bits per heavy atom. The first kappa shape index (κ1) is 13.6. The van der Waals surface area contributed by atoms with Crippen LogP contribution in [0.15, 0.2) is 53.4 Å². The Labute approximate surface area is 127 Å². The molecule has 0 bridgehead atoms. The number of benzene rings is 2. The summed E-state index contributed by atoms with van der Waals surface area (Å²) in [6.45, 7) is 0. The second-order valence-corrected chi connectivity index (χ2v) is 6.65. The molecule has 0 fully saturated rings. The molecule has 0 radical (unpaired) electrons. The van der Waals surface area contributed by atoms with Crippen LogP contribution in [0.4, 0.5) is 0 Å². The molecule has 3 aromatic rings. The molecule has 0 spiro atoms. The van der Waals surface area contributed by atoms with Crippen LogP contribution in [0.2, 0.25) is 0 Å². The second kappa shape index (κ2) is 5.95. The molecular formula is C16H16N2S2. The van der Waals surface area contributed by atoms with E-state index < -0.39 is 0 Å². The summed E-state index contributed by atoms with van der Waals surface area (Å²) in [4.78, 5) is 5.91. The van der Waals surface area contributed by atoms with Gasteiger partial charge in [-0.15, -0.1) is 23.1 Å². The molecule has 0 aliphatic carbocycles. The van der Waals surface area contributed by atoms with E-state index in [9.17, 15) is 0 Å². The summed E-state index contributed by atoms with van der Waals surface area (Å²) < 4.78 is 1.23. The molecule has 1 atom stereocenters. The Kier molecular flexibility index (Phi) is 4.05. The van der Waals surface area contributed by atoms with Crippen molar-refractivity contribution in [1.82, 2.24) is 4.98 Å². The molecule has 0 saturated heterocycles. The fraction of sp³-hybridized carbons (Fsp3) is 0.188. The standard InChI is InChI=1S/C16H16N2S2/c1-19-12-8-6-11(7-9-12)13(17)10-16-18-14-4-2-3-5-15(14)20-16/h2-9,13H,10,17H2,1H3. The summed E-state index contributed by atoms with van der Waals surface area (Å²) in [5.41, 5.74) is 8.54. The first-order valence-corrected chi connectivity index (χ1v) is 8.54. The number of nitrogens with two attached hydrogens (primary N) is 1. The van der Waals surface area contributed by atoms with Crippen molar-refractivity contribution in [3.63, 3.8) is 0 Å². The van der Waals surface area contributed by atoms with E-state index in [1.807, 2.05) is 18.2 Å². The van der Waals surface area contributed by atoms with Crippen LogP contribution in [0.3, 0.4) is 0 Å². The third-order valence-electron chi connectivity index (χ3n) is 3.28. The summed E-state index contributed by atoms with van der Waals surface area (Å²) >= 11 is 3.48. The molecule has 1 aromatic heterocycles. The van der Waals surface area contributed by atoms with Crippen molar-refractivity contribution in [1.29, 1.82) is 0 Å². The summed E-state index contributed by atoms with van der Waals surface area (Å²) in [6.07, 6.45) is 2.87. The topological polar surface area (TPSA) is 38.9 Å². The highest BCUT2D eigenvalue weighted by molar-refractivity contribution is 7.98. The lowest BCUT2D eigenvalue weighted by Crippen LogP contribution is -2.13. The van der Waals surface area contributed by atoms with Gasteiger partial charge < -0.3 is 5.73 Å². The van der Waals surface area contributed by atoms with Gasteiger partial charge in [0.25, 0.3) is 0 Å². The normalized spacial score (nSPS) is 12.7. The monoisotopic (exact) mass is 300 g/mol. The number of hydrogen-bond donors (Lipinski definition) is 1. The van der Waals surface area contributed by atoms with Crippen molar-refractivity contribution in [3.8, 4) is 0 Å². The Morgan fingerprint density at radius 3 is 2.60 bits per heavy atom. The van der Waals surface area contributed by atoms with Crippen LogP contribution < -0.4 is 5.73 Å². The van der Waals surface area contributed by atoms with E-state index in [0.29, 0.717) is 0 Å². The van der Waals surface area contributed by atoms with Crippen LogP contribution >= 0.6 is 23.1 Å². The van der Waals surface area contributed by atoms with Crippen molar-refractivity contribution in [2.45, 2.75) is 17.4 Å². The van der Waals surface area contributed by atoms with E-state index >= 15 is 0 Å². The number of thioether (sulfide) groups is 1. The minimum absolute atomic E-state index is 0.00599. The molecule has 4 heteroatoms. The lowest BCUT2D eigenvalue weighted by Gasteiger charge is -2.10. The molecule has 2 nitrogen and oxygen atoms in total. The third-order valence-corrected chi connectivity index (χ3v) is 5.08. The van der Waals surface area contributed by atoms with Gasteiger partial charge in [-0.1, -0.05) is 24.3 Å². The van der Waals surface area contributed by atoms with Crippen molar-refractivity contribution in [3.05, 3.63) is 59.1 Å². The summed E-state index contributed by atoms with van der Waals surface area (Å²) in [7, 11) is 0. The molecule has 0 aliphatic rings. The van der Waals surface area contributed by atoms with E-state index in [2.05, 4.69) is 41.6 Å². The first-order valence-electron chi connectivity index (χ1n) is 6.50. The fourth-order valence-electron chi connectivity index (χ4n) is 2.16. The number of nitrogens with zero attached hydrogens (tertiary/aromatic N) is 1. The second-order valence-electron chi connectivity index (χ2n) is 4.66. The fourth-order valence-corrected chi connectivity index (χ4v) is 3.60. The summed E-state index contributed by atoms with van der Waals surface area (Å²) in [5, 5.41) is 1.10. The van der Waals surface area contributed by atoms with Crippen LogP contribution in [0, 0.1) is 0 Å². The van der Waals surface area contributed by atoms with Gasteiger partial charge in [0.15, 0.2) is 0 Å². The van der Waals surface area contributed by atoms with Gasteiger partial charge in [0.2, 0.25) is 0 Å². The SMILES string of the molecule is CSc1ccc(C(N)Cc2nc3ccccc3s2)cc1. The Morgan fingerprint density at radius 1 is 1.15 bits per heavy atom. The van der Waals surface area contributed by atoms with E-state index in [1.165, 1.54) is 15.2 Å². The van der Waals surface area contributed by atoms with Crippen molar-refractivity contribution >= 4 is 33.3 Å². The van der Waals surface area contributed by atoms with E-state index in [4.69, 9.17) is 5.73 Å². The molecule has 2 aromatic carbocycles. The molecule has 3 rings (SSSR count). The maximum absolute atomic E-state index is 6.30. The quantitative estimate of drug-likeness (QED) is 0.732. The number of aromatic nitrogens is 1. The summed E-state index contributed by atoms with van der Waals surface area (Å²) in [5.74, 6) is 0. The molecule has 1 unspecified atom stereocenters. The van der Waals surface area contributed by atoms with Crippen molar-refractivity contribution < 1.29 is 0 Å². The molecule has 0 aliphatic heterocycles. The molecule has 1 heterocycles. The van der Waals surface area contributed by atoms with Gasteiger partial charge in [-0.25, -0.2) is 4.98 Å². The van der Waals surface area contributed by atoms with E-state index in [-0.39, 0.29) is 6.04 Å². The predicted octanol–water partition coefficient (Wildman–Crippen LogP) is 4.26. The largest absolute Gasteiger partial charge is 0.324 e. The van der Waals surface area contributed by atoms with Crippen LogP contribution in [0.25, 0.3) is 10.2 Å². The van der Waals surface area contributed by atoms with Crippen LogP contribution in [-0.4, -0.2) is 11.2 Å². The average Bonchev–Trinajstić information content (AvgIpc) is 2.89. The minimum atomic E-state index is 0.00599. The first-order chi connectivity index (χ1) is 9.76. The highest BCUT2D eigenvalue weighted by Gasteiger charge is 2.10. The van der Waals surface area contributed by atoms with Gasteiger partial charge in [0.05, 0.1) is 15.2 Å². The Bertz CT molecular complexity index is 671. The lowest BCUT2D eigenvalue weighted by atomic mass is 10.1. The number of rotatable bonds is 4. The zero-order chi connectivity index (χ0) is 13.9. The van der Waals surface area contributed by atoms with Gasteiger partial charge in [-0.05, 0) is 36.1 Å². The van der Waals surface area contributed by atoms with Gasteiger partial charge in [-0.2, -0.15) is 0 Å². The predicted molar refractivity (Wildman–Crippen MR) is 88.5 cm³/mol. The molecule has 2 N–H and O–H groups in total. The van der Waals surface area contributed by atoms with Gasteiger partial charge >= 0.3 is 0 Å². The third kappa shape index (κ3) is 2.87. The lowest BCUT2D eigenvalue weighted by molar-refractivity contribution is 0.718. The highest BCUT2D eigenvalue weighted by atomic mass is 32.2. The summed E-state index contributed by atoms with van der Waals surface area (Å²) in [6, 6.07) is 16.7. The number of para-hydroxylation sites is 1. The van der Waals surface area contributed by atoms with Crippen LogP contribution in [0.5, 0.6) is 0 Å². The zero-order valence-corrected chi connectivity index (χ0v) is 12.9. The molecule has 102 valence electrons. The van der Waals surface area contributed by atoms with Gasteiger partial charge in [-0.3, -0.25) is 0 Å². The maximum atomic E-state index is 6.30. The van der Waals surface area contributed by atoms with Crippen molar-refractivity contribution in [2.75, 3.05) is 6.26 Å². The smallest absolute Gasteiger partial charge is 0.0957 e.